The standard InChI is InChI=1S/C13H10ClN/c14-8-11(9-15)13-7-3-5-10-4-1-2-6-12(10)13/h1-7,11H,8H2/t11-/m0/s1. The molecule has 0 spiro atoms. The van der Waals surface area contributed by atoms with Crippen molar-refractivity contribution < 1.29 is 0 Å². The van der Waals surface area contributed by atoms with Gasteiger partial charge in [0.2, 0.25) is 0 Å². The summed E-state index contributed by atoms with van der Waals surface area (Å²) in [5.74, 6) is 0.114. The van der Waals surface area contributed by atoms with E-state index in [0.29, 0.717) is 5.88 Å². The summed E-state index contributed by atoms with van der Waals surface area (Å²) in [6.07, 6.45) is 0. The second-order valence-corrected chi connectivity index (χ2v) is 3.71. The number of hydrogen-bond acceptors (Lipinski definition) is 1. The average molecular weight is 216 g/mol. The summed E-state index contributed by atoms with van der Waals surface area (Å²) < 4.78 is 0. The highest BCUT2D eigenvalue weighted by Gasteiger charge is 2.11. The molecule has 15 heavy (non-hydrogen) atoms. The topological polar surface area (TPSA) is 23.8 Å². The van der Waals surface area contributed by atoms with Gasteiger partial charge in [0.25, 0.3) is 0 Å². The van der Waals surface area contributed by atoms with Crippen LogP contribution >= 0.6 is 11.6 Å². The van der Waals surface area contributed by atoms with E-state index >= 15 is 0 Å². The van der Waals surface area contributed by atoms with Crippen molar-refractivity contribution in [2.75, 3.05) is 5.88 Å². The van der Waals surface area contributed by atoms with E-state index < -0.39 is 0 Å². The van der Waals surface area contributed by atoms with Gasteiger partial charge in [-0.1, -0.05) is 42.5 Å². The van der Waals surface area contributed by atoms with Gasteiger partial charge in [0.15, 0.2) is 0 Å². The Morgan fingerprint density at radius 1 is 1.13 bits per heavy atom. The van der Waals surface area contributed by atoms with Gasteiger partial charge in [-0.3, -0.25) is 0 Å². The number of alkyl halides is 1. The van der Waals surface area contributed by atoms with Gasteiger partial charge in [-0.05, 0) is 16.3 Å². The molecule has 0 saturated carbocycles. The second-order valence-electron chi connectivity index (χ2n) is 3.40. The number of nitriles is 1. The van der Waals surface area contributed by atoms with Crippen LogP contribution in [0.3, 0.4) is 0 Å². The highest BCUT2D eigenvalue weighted by Crippen LogP contribution is 2.25. The Bertz CT molecular complexity index is 508. The molecule has 1 nitrogen and oxygen atoms in total. The van der Waals surface area contributed by atoms with Gasteiger partial charge in [0.05, 0.1) is 12.0 Å². The van der Waals surface area contributed by atoms with Gasteiger partial charge in [-0.15, -0.1) is 11.6 Å². The first-order chi connectivity index (χ1) is 7.36. The zero-order valence-corrected chi connectivity index (χ0v) is 8.91. The minimum atomic E-state index is -0.224. The van der Waals surface area contributed by atoms with Crippen molar-refractivity contribution in [1.82, 2.24) is 0 Å². The molecule has 0 saturated heterocycles. The molecule has 0 N–H and O–H groups in total. The van der Waals surface area contributed by atoms with Crippen LogP contribution < -0.4 is 0 Å². The quantitative estimate of drug-likeness (QED) is 0.701. The Kier molecular flexibility index (Phi) is 2.89. The van der Waals surface area contributed by atoms with Gasteiger partial charge < -0.3 is 0 Å². The maximum atomic E-state index is 9.00. The molecule has 2 aromatic carbocycles. The fourth-order valence-corrected chi connectivity index (χ4v) is 1.98. The molecular formula is C13H10ClN. The molecule has 2 heteroatoms. The SMILES string of the molecule is N#C[C@H](CCl)c1cccc2ccccc12. The zero-order valence-electron chi connectivity index (χ0n) is 8.15. The third-order valence-electron chi connectivity index (χ3n) is 2.51. The molecule has 2 aromatic rings. The number of nitrogens with zero attached hydrogens (tertiary/aromatic N) is 1. The molecular weight excluding hydrogens is 206 g/mol. The number of hydrogen-bond donors (Lipinski definition) is 0. The van der Waals surface area contributed by atoms with Gasteiger partial charge >= 0.3 is 0 Å². The first-order valence-corrected chi connectivity index (χ1v) is 5.33. The van der Waals surface area contributed by atoms with Crippen molar-refractivity contribution in [3.8, 4) is 6.07 Å². The second kappa shape index (κ2) is 4.33. The van der Waals surface area contributed by atoms with Crippen molar-refractivity contribution in [3.63, 3.8) is 0 Å². The maximum Gasteiger partial charge on any atom is 0.0853 e. The first kappa shape index (κ1) is 10.0. The monoisotopic (exact) mass is 215 g/mol. The first-order valence-electron chi connectivity index (χ1n) is 4.80. The summed E-state index contributed by atoms with van der Waals surface area (Å²) in [6, 6.07) is 16.3. The fraction of sp³-hybridized carbons (Fsp3) is 0.154. The summed E-state index contributed by atoms with van der Waals surface area (Å²) in [5.41, 5.74) is 1.02. The number of benzene rings is 2. The molecule has 0 aliphatic heterocycles. The van der Waals surface area contributed by atoms with E-state index in [9.17, 15) is 0 Å². The molecule has 0 unspecified atom stereocenters. The van der Waals surface area contributed by atoms with E-state index in [-0.39, 0.29) is 5.92 Å². The molecule has 0 radical (unpaired) electrons. The van der Waals surface area contributed by atoms with Crippen LogP contribution in [0.1, 0.15) is 11.5 Å². The molecule has 2 rings (SSSR count). The van der Waals surface area contributed by atoms with Crippen molar-refractivity contribution in [3.05, 3.63) is 48.0 Å². The molecule has 0 aliphatic carbocycles. The van der Waals surface area contributed by atoms with E-state index in [1.165, 1.54) is 0 Å². The van der Waals surface area contributed by atoms with Crippen molar-refractivity contribution >= 4 is 22.4 Å². The molecule has 0 fully saturated rings. The van der Waals surface area contributed by atoms with E-state index in [0.717, 1.165) is 16.3 Å². The van der Waals surface area contributed by atoms with Crippen LogP contribution in [0.4, 0.5) is 0 Å². The van der Waals surface area contributed by atoms with E-state index in [2.05, 4.69) is 6.07 Å². The van der Waals surface area contributed by atoms with Gasteiger partial charge in [0, 0.05) is 5.88 Å². The smallest absolute Gasteiger partial charge is 0.0853 e. The minimum Gasteiger partial charge on any atom is -0.198 e. The van der Waals surface area contributed by atoms with Crippen LogP contribution in [0.5, 0.6) is 0 Å². The van der Waals surface area contributed by atoms with Crippen LogP contribution in [0.2, 0.25) is 0 Å². The molecule has 0 aliphatic rings. The van der Waals surface area contributed by atoms with E-state index in [1.807, 2.05) is 42.5 Å². The van der Waals surface area contributed by atoms with Gasteiger partial charge in [0.1, 0.15) is 0 Å². The zero-order chi connectivity index (χ0) is 10.7. The molecule has 0 amide bonds. The summed E-state index contributed by atoms with van der Waals surface area (Å²) in [6.45, 7) is 0. The lowest BCUT2D eigenvalue weighted by atomic mass is 9.96. The highest BCUT2D eigenvalue weighted by atomic mass is 35.5. The lowest BCUT2D eigenvalue weighted by Crippen LogP contribution is -1.97. The summed E-state index contributed by atoms with van der Waals surface area (Å²) in [5, 5.41) is 11.3. The van der Waals surface area contributed by atoms with E-state index in [1.54, 1.807) is 0 Å². The van der Waals surface area contributed by atoms with E-state index in [4.69, 9.17) is 16.9 Å². The normalized spacial score (nSPS) is 12.3. The minimum absolute atomic E-state index is 0.224. The number of halogens is 1. The Balaban J connectivity index is 2.66. The third kappa shape index (κ3) is 1.82. The number of fused-ring (bicyclic) bond motifs is 1. The summed E-state index contributed by atoms with van der Waals surface area (Å²) >= 11 is 5.78. The largest absolute Gasteiger partial charge is 0.198 e. The van der Waals surface area contributed by atoms with Crippen LogP contribution in [-0.4, -0.2) is 5.88 Å². The fourth-order valence-electron chi connectivity index (χ4n) is 1.74. The van der Waals surface area contributed by atoms with Crippen LogP contribution in [-0.2, 0) is 0 Å². The Morgan fingerprint density at radius 2 is 1.87 bits per heavy atom. The molecule has 0 bridgehead atoms. The Morgan fingerprint density at radius 3 is 2.60 bits per heavy atom. The van der Waals surface area contributed by atoms with Crippen LogP contribution in [0, 0.1) is 11.3 Å². The molecule has 1 atom stereocenters. The third-order valence-corrected chi connectivity index (χ3v) is 2.82. The average Bonchev–Trinajstić information content (AvgIpc) is 2.31. The molecule has 74 valence electrons. The predicted molar refractivity (Wildman–Crippen MR) is 63.0 cm³/mol. The van der Waals surface area contributed by atoms with Crippen molar-refractivity contribution in [1.29, 1.82) is 5.26 Å². The molecule has 0 aromatic heterocycles. The van der Waals surface area contributed by atoms with Crippen LogP contribution in [0.25, 0.3) is 10.8 Å². The Labute approximate surface area is 93.9 Å². The lowest BCUT2D eigenvalue weighted by Gasteiger charge is -2.09. The van der Waals surface area contributed by atoms with Crippen molar-refractivity contribution in [2.24, 2.45) is 0 Å². The summed E-state index contributed by atoms with van der Waals surface area (Å²) in [7, 11) is 0. The maximum absolute atomic E-state index is 9.00. The van der Waals surface area contributed by atoms with Gasteiger partial charge in [-0.25, -0.2) is 0 Å². The predicted octanol–water partition coefficient (Wildman–Crippen LogP) is 3.69. The molecule has 0 heterocycles. The highest BCUT2D eigenvalue weighted by molar-refractivity contribution is 6.18. The summed E-state index contributed by atoms with van der Waals surface area (Å²) in [4.78, 5) is 0. The van der Waals surface area contributed by atoms with Crippen LogP contribution in [0.15, 0.2) is 42.5 Å². The van der Waals surface area contributed by atoms with Crippen molar-refractivity contribution in [2.45, 2.75) is 5.92 Å². The van der Waals surface area contributed by atoms with Gasteiger partial charge in [-0.2, -0.15) is 5.26 Å². The number of rotatable bonds is 2. The Hall–Kier alpha value is -1.52. The lowest BCUT2D eigenvalue weighted by molar-refractivity contribution is 1.00.